The predicted molar refractivity (Wildman–Crippen MR) is 107 cm³/mol. The van der Waals surface area contributed by atoms with Gasteiger partial charge >= 0.3 is 0 Å². The van der Waals surface area contributed by atoms with Crippen LogP contribution in [0.3, 0.4) is 0 Å². The molecule has 0 amide bonds. The van der Waals surface area contributed by atoms with Crippen LogP contribution in [0, 0.1) is 0 Å². The molecule has 0 N–H and O–H groups in total. The van der Waals surface area contributed by atoms with Crippen LogP contribution in [0.1, 0.15) is 24.9 Å². The molecule has 3 nitrogen and oxygen atoms in total. The van der Waals surface area contributed by atoms with Crippen LogP contribution in [-0.2, 0) is 0 Å². The van der Waals surface area contributed by atoms with E-state index >= 15 is 0 Å². The highest BCUT2D eigenvalue weighted by Crippen LogP contribution is 2.29. The summed E-state index contributed by atoms with van der Waals surface area (Å²) in [7, 11) is 1.70. The summed E-state index contributed by atoms with van der Waals surface area (Å²) >= 11 is 0. The highest BCUT2D eigenvalue weighted by atomic mass is 16.5. The Kier molecular flexibility index (Phi) is 4.44. The van der Waals surface area contributed by atoms with Crippen LogP contribution < -0.4 is 4.74 Å². The van der Waals surface area contributed by atoms with Crippen LogP contribution in [-0.4, -0.2) is 16.7 Å². The Balaban J connectivity index is 1.65. The second kappa shape index (κ2) is 7.04. The maximum Gasteiger partial charge on any atom is 0.119 e. The van der Waals surface area contributed by atoms with Gasteiger partial charge in [-0.3, -0.25) is 0 Å². The van der Waals surface area contributed by atoms with Crippen LogP contribution >= 0.6 is 0 Å². The summed E-state index contributed by atoms with van der Waals surface area (Å²) < 4.78 is 7.47. The van der Waals surface area contributed by atoms with Crippen molar-refractivity contribution in [2.24, 2.45) is 0 Å². The standard InChI is InChI=1S/C23H22N2O/c1-3-23(25-13-12-24-16-25)18-6-4-17(5-7-18)19-8-9-21-15-22(26-2)11-10-20(21)14-19/h4-16,23H,3H2,1-2H3. The first-order valence-corrected chi connectivity index (χ1v) is 8.94. The molecular weight excluding hydrogens is 320 g/mol. The average Bonchev–Trinajstić information content (AvgIpc) is 3.23. The number of benzene rings is 3. The highest BCUT2D eigenvalue weighted by molar-refractivity contribution is 5.88. The molecule has 0 saturated heterocycles. The van der Waals surface area contributed by atoms with Crippen molar-refractivity contribution in [3.05, 3.63) is 84.9 Å². The molecule has 0 aliphatic rings. The molecule has 0 saturated carbocycles. The Morgan fingerprint density at radius 1 is 0.923 bits per heavy atom. The molecule has 3 aromatic carbocycles. The lowest BCUT2D eigenvalue weighted by Gasteiger charge is -2.17. The monoisotopic (exact) mass is 342 g/mol. The van der Waals surface area contributed by atoms with Gasteiger partial charge in [-0.25, -0.2) is 4.98 Å². The molecule has 1 heterocycles. The van der Waals surface area contributed by atoms with Gasteiger partial charge in [0.2, 0.25) is 0 Å². The van der Waals surface area contributed by atoms with Crippen LogP contribution in [0.25, 0.3) is 21.9 Å². The molecule has 3 heteroatoms. The minimum atomic E-state index is 0.329. The summed E-state index contributed by atoms with van der Waals surface area (Å²) in [6.07, 6.45) is 6.79. The first-order valence-electron chi connectivity index (χ1n) is 8.94. The molecule has 1 unspecified atom stereocenters. The predicted octanol–water partition coefficient (Wildman–Crippen LogP) is 5.71. The van der Waals surface area contributed by atoms with E-state index < -0.39 is 0 Å². The van der Waals surface area contributed by atoms with Gasteiger partial charge in [-0.1, -0.05) is 49.4 Å². The minimum Gasteiger partial charge on any atom is -0.497 e. The number of ether oxygens (including phenoxy) is 1. The number of rotatable bonds is 5. The van der Waals surface area contributed by atoms with Gasteiger partial charge in [-0.2, -0.15) is 0 Å². The van der Waals surface area contributed by atoms with E-state index in [0.717, 1.165) is 12.2 Å². The smallest absolute Gasteiger partial charge is 0.119 e. The van der Waals surface area contributed by atoms with E-state index in [1.54, 1.807) is 7.11 Å². The number of methoxy groups -OCH3 is 1. The topological polar surface area (TPSA) is 27.1 Å². The van der Waals surface area contributed by atoms with Crippen LogP contribution in [0.2, 0.25) is 0 Å². The average molecular weight is 342 g/mol. The molecule has 1 atom stereocenters. The molecule has 0 aliphatic heterocycles. The van der Waals surface area contributed by atoms with Gasteiger partial charge in [0, 0.05) is 12.4 Å². The fraction of sp³-hybridized carbons (Fsp3) is 0.174. The fourth-order valence-corrected chi connectivity index (χ4v) is 3.50. The quantitative estimate of drug-likeness (QED) is 0.464. The second-order valence-electron chi connectivity index (χ2n) is 6.48. The van der Waals surface area contributed by atoms with E-state index in [9.17, 15) is 0 Å². The molecule has 0 radical (unpaired) electrons. The summed E-state index contributed by atoms with van der Waals surface area (Å²) in [4.78, 5) is 4.18. The lowest BCUT2D eigenvalue weighted by atomic mass is 9.97. The zero-order valence-corrected chi connectivity index (χ0v) is 15.1. The number of fused-ring (bicyclic) bond motifs is 1. The third kappa shape index (κ3) is 3.08. The molecule has 26 heavy (non-hydrogen) atoms. The van der Waals surface area contributed by atoms with Crippen molar-refractivity contribution in [1.82, 2.24) is 9.55 Å². The van der Waals surface area contributed by atoms with Gasteiger partial charge in [0.05, 0.1) is 19.5 Å². The van der Waals surface area contributed by atoms with Gasteiger partial charge in [0.15, 0.2) is 0 Å². The molecule has 130 valence electrons. The summed E-state index contributed by atoms with van der Waals surface area (Å²) in [5, 5.41) is 2.41. The summed E-state index contributed by atoms with van der Waals surface area (Å²) in [6, 6.07) is 21.9. The molecule has 0 fully saturated rings. The fourth-order valence-electron chi connectivity index (χ4n) is 3.50. The first kappa shape index (κ1) is 16.4. The maximum atomic E-state index is 5.31. The highest BCUT2D eigenvalue weighted by Gasteiger charge is 2.11. The van der Waals surface area contributed by atoms with E-state index in [0.29, 0.717) is 6.04 Å². The molecule has 0 spiro atoms. The molecule has 0 bridgehead atoms. The molecule has 4 aromatic rings. The van der Waals surface area contributed by atoms with Crippen molar-refractivity contribution in [3.8, 4) is 16.9 Å². The van der Waals surface area contributed by atoms with E-state index in [1.165, 1.54) is 27.5 Å². The zero-order chi connectivity index (χ0) is 17.9. The molecule has 0 aliphatic carbocycles. The normalized spacial score (nSPS) is 12.2. The van der Waals surface area contributed by atoms with Crippen molar-refractivity contribution < 1.29 is 4.74 Å². The third-order valence-electron chi connectivity index (χ3n) is 4.95. The Labute approximate surface area is 153 Å². The van der Waals surface area contributed by atoms with E-state index in [4.69, 9.17) is 4.74 Å². The zero-order valence-electron chi connectivity index (χ0n) is 15.1. The summed E-state index contributed by atoms with van der Waals surface area (Å²) in [5.41, 5.74) is 3.76. The van der Waals surface area contributed by atoms with E-state index in [-0.39, 0.29) is 0 Å². The Bertz CT molecular complexity index is 1000. The van der Waals surface area contributed by atoms with Crippen molar-refractivity contribution in [3.63, 3.8) is 0 Å². The van der Waals surface area contributed by atoms with Gasteiger partial charge in [0.25, 0.3) is 0 Å². The van der Waals surface area contributed by atoms with Crippen LogP contribution in [0.4, 0.5) is 0 Å². The third-order valence-corrected chi connectivity index (χ3v) is 4.95. The molecular formula is C23H22N2O. The molecule has 1 aromatic heterocycles. The Hall–Kier alpha value is -3.07. The maximum absolute atomic E-state index is 5.31. The first-order chi connectivity index (χ1) is 12.8. The Morgan fingerprint density at radius 3 is 2.35 bits per heavy atom. The van der Waals surface area contributed by atoms with Crippen molar-refractivity contribution in [2.45, 2.75) is 19.4 Å². The summed E-state index contributed by atoms with van der Waals surface area (Å²) in [5.74, 6) is 0.889. The largest absolute Gasteiger partial charge is 0.497 e. The van der Waals surface area contributed by atoms with E-state index in [1.807, 2.05) is 24.8 Å². The van der Waals surface area contributed by atoms with Gasteiger partial charge in [-0.05, 0) is 52.1 Å². The van der Waals surface area contributed by atoms with Crippen LogP contribution in [0.15, 0.2) is 79.4 Å². The van der Waals surface area contributed by atoms with Gasteiger partial charge in [-0.15, -0.1) is 0 Å². The SMILES string of the molecule is CCC(c1ccc(-c2ccc3cc(OC)ccc3c2)cc1)n1ccnc1. The lowest BCUT2D eigenvalue weighted by Crippen LogP contribution is -2.07. The van der Waals surface area contributed by atoms with Gasteiger partial charge in [0.1, 0.15) is 5.75 Å². The molecule has 4 rings (SSSR count). The van der Waals surface area contributed by atoms with Crippen molar-refractivity contribution in [1.29, 1.82) is 0 Å². The van der Waals surface area contributed by atoms with Crippen LogP contribution in [0.5, 0.6) is 5.75 Å². The number of aromatic nitrogens is 2. The summed E-state index contributed by atoms with van der Waals surface area (Å²) in [6.45, 7) is 2.20. The minimum absolute atomic E-state index is 0.329. The second-order valence-corrected chi connectivity index (χ2v) is 6.48. The lowest BCUT2D eigenvalue weighted by molar-refractivity contribution is 0.415. The van der Waals surface area contributed by atoms with Crippen molar-refractivity contribution >= 4 is 10.8 Å². The van der Waals surface area contributed by atoms with Gasteiger partial charge < -0.3 is 9.30 Å². The Morgan fingerprint density at radius 2 is 1.65 bits per heavy atom. The number of hydrogen-bond donors (Lipinski definition) is 0. The number of imidazole rings is 1. The number of nitrogens with zero attached hydrogens (tertiary/aromatic N) is 2. The number of hydrogen-bond acceptors (Lipinski definition) is 2. The van der Waals surface area contributed by atoms with E-state index in [2.05, 4.69) is 71.1 Å². The van der Waals surface area contributed by atoms with Crippen molar-refractivity contribution in [2.75, 3.05) is 7.11 Å².